The summed E-state index contributed by atoms with van der Waals surface area (Å²) in [5, 5.41) is 10.7. The van der Waals surface area contributed by atoms with Crippen LogP contribution in [0.15, 0.2) is 12.2 Å². The molecule has 0 aromatic heterocycles. The van der Waals surface area contributed by atoms with Crippen LogP contribution in [0.25, 0.3) is 0 Å². The Morgan fingerprint density at radius 3 is 2.73 bits per heavy atom. The maximum atomic E-state index is 10.3. The number of allylic oxidation sites excluding steroid dienone is 1. The van der Waals surface area contributed by atoms with E-state index in [0.29, 0.717) is 12.8 Å². The monoisotopic (exact) mass is 157 g/mol. The Labute approximate surface area is 64.9 Å². The number of carboxylic acids is 1. The molecule has 4 heteroatoms. The van der Waals surface area contributed by atoms with Gasteiger partial charge in [-0.1, -0.05) is 12.2 Å². The Hall–Kier alpha value is -1.32. The molecule has 1 atom stereocenters. The summed E-state index contributed by atoms with van der Waals surface area (Å²) < 4.78 is 0. The molecule has 62 valence electrons. The molecule has 0 saturated heterocycles. The number of rotatable bonds is 5. The molecule has 0 spiro atoms. The van der Waals surface area contributed by atoms with Gasteiger partial charge >= 0.3 is 5.97 Å². The largest absolute Gasteiger partial charge is 0.480 e. The Balaban J connectivity index is 3.88. The number of hydrogen-bond acceptors (Lipinski definition) is 2. The van der Waals surface area contributed by atoms with Crippen LogP contribution in [-0.2, 0) is 9.59 Å². The quantitative estimate of drug-likeness (QED) is 0.441. The van der Waals surface area contributed by atoms with Gasteiger partial charge in [-0.25, -0.2) is 4.79 Å². The second-order valence-corrected chi connectivity index (χ2v) is 1.98. The van der Waals surface area contributed by atoms with Crippen molar-refractivity contribution in [3.8, 4) is 0 Å². The Bertz CT molecular complexity index is 165. The summed E-state index contributed by atoms with van der Waals surface area (Å²) in [6.07, 6.45) is 4.14. The molecule has 0 bridgehead atoms. The standard InChI is InChI=1S/C7H11NO3/c1-2-3-4-6(7(10)11)8-5-9/h2-3,5-6H,4H2,1H3,(H,8,9)(H,10,11)/b3-2+. The first-order valence-corrected chi connectivity index (χ1v) is 3.26. The summed E-state index contributed by atoms with van der Waals surface area (Å²) in [6.45, 7) is 1.79. The molecule has 0 aromatic rings. The van der Waals surface area contributed by atoms with Gasteiger partial charge in [0.15, 0.2) is 0 Å². The molecule has 0 aliphatic rings. The lowest BCUT2D eigenvalue weighted by molar-refractivity contribution is -0.140. The van der Waals surface area contributed by atoms with Gasteiger partial charge in [-0.15, -0.1) is 0 Å². The summed E-state index contributed by atoms with van der Waals surface area (Å²) in [5.41, 5.74) is 0. The lowest BCUT2D eigenvalue weighted by atomic mass is 10.2. The van der Waals surface area contributed by atoms with Crippen molar-refractivity contribution in [1.82, 2.24) is 5.32 Å². The molecule has 0 aliphatic heterocycles. The third-order valence-corrected chi connectivity index (χ3v) is 1.17. The second kappa shape index (κ2) is 5.46. The third-order valence-electron chi connectivity index (χ3n) is 1.17. The van der Waals surface area contributed by atoms with Gasteiger partial charge in [-0.3, -0.25) is 4.79 Å². The van der Waals surface area contributed by atoms with Gasteiger partial charge in [0.1, 0.15) is 6.04 Å². The molecular formula is C7H11NO3. The fourth-order valence-corrected chi connectivity index (χ4v) is 0.594. The summed E-state index contributed by atoms with van der Waals surface area (Å²) in [4.78, 5) is 20.2. The van der Waals surface area contributed by atoms with Crippen molar-refractivity contribution < 1.29 is 14.7 Å². The minimum absolute atomic E-state index is 0.324. The highest BCUT2D eigenvalue weighted by Gasteiger charge is 2.12. The first kappa shape index (κ1) is 9.68. The van der Waals surface area contributed by atoms with Crippen LogP contribution in [0.4, 0.5) is 0 Å². The first-order chi connectivity index (χ1) is 5.22. The third kappa shape index (κ3) is 4.13. The molecule has 1 amide bonds. The predicted molar refractivity (Wildman–Crippen MR) is 40.1 cm³/mol. The summed E-state index contributed by atoms with van der Waals surface area (Å²) in [5.74, 6) is -1.02. The topological polar surface area (TPSA) is 66.4 Å². The SMILES string of the molecule is C/C=C/CC(NC=O)C(=O)O. The van der Waals surface area contributed by atoms with Crippen LogP contribution < -0.4 is 5.32 Å². The number of amides is 1. The van der Waals surface area contributed by atoms with E-state index < -0.39 is 12.0 Å². The minimum atomic E-state index is -1.02. The minimum Gasteiger partial charge on any atom is -0.480 e. The van der Waals surface area contributed by atoms with Crippen LogP contribution in [0.2, 0.25) is 0 Å². The van der Waals surface area contributed by atoms with Crippen molar-refractivity contribution in [3.05, 3.63) is 12.2 Å². The molecule has 0 aromatic carbocycles. The van der Waals surface area contributed by atoms with Gasteiger partial charge in [0.05, 0.1) is 0 Å². The van der Waals surface area contributed by atoms with Crippen molar-refractivity contribution in [3.63, 3.8) is 0 Å². The zero-order valence-corrected chi connectivity index (χ0v) is 6.28. The van der Waals surface area contributed by atoms with Gasteiger partial charge in [-0.2, -0.15) is 0 Å². The zero-order valence-electron chi connectivity index (χ0n) is 6.28. The highest BCUT2D eigenvalue weighted by Crippen LogP contribution is 1.92. The van der Waals surface area contributed by atoms with Gasteiger partial charge < -0.3 is 10.4 Å². The van der Waals surface area contributed by atoms with Crippen molar-refractivity contribution in [1.29, 1.82) is 0 Å². The molecule has 4 nitrogen and oxygen atoms in total. The van der Waals surface area contributed by atoms with Crippen molar-refractivity contribution in [2.75, 3.05) is 0 Å². The number of carbonyl (C=O) groups is 2. The van der Waals surface area contributed by atoms with Gasteiger partial charge in [0.25, 0.3) is 0 Å². The van der Waals surface area contributed by atoms with E-state index in [1.54, 1.807) is 19.1 Å². The van der Waals surface area contributed by atoms with E-state index in [0.717, 1.165) is 0 Å². The number of carbonyl (C=O) groups excluding carboxylic acids is 1. The molecule has 2 N–H and O–H groups in total. The van der Waals surface area contributed by atoms with E-state index in [4.69, 9.17) is 5.11 Å². The van der Waals surface area contributed by atoms with Crippen molar-refractivity contribution >= 4 is 12.4 Å². The van der Waals surface area contributed by atoms with E-state index in [-0.39, 0.29) is 0 Å². The van der Waals surface area contributed by atoms with Gasteiger partial charge in [0.2, 0.25) is 6.41 Å². The molecule has 0 saturated carbocycles. The molecule has 0 heterocycles. The van der Waals surface area contributed by atoms with Crippen LogP contribution in [0, 0.1) is 0 Å². The van der Waals surface area contributed by atoms with E-state index in [2.05, 4.69) is 5.32 Å². The van der Waals surface area contributed by atoms with Crippen molar-refractivity contribution in [2.24, 2.45) is 0 Å². The van der Waals surface area contributed by atoms with Gasteiger partial charge in [0, 0.05) is 0 Å². The summed E-state index contributed by atoms with van der Waals surface area (Å²) in [7, 11) is 0. The number of nitrogens with one attached hydrogen (secondary N) is 1. The fourth-order valence-electron chi connectivity index (χ4n) is 0.594. The number of carboxylic acid groups (broad SMARTS) is 1. The Morgan fingerprint density at radius 2 is 2.36 bits per heavy atom. The van der Waals surface area contributed by atoms with Crippen LogP contribution >= 0.6 is 0 Å². The predicted octanol–water partition coefficient (Wildman–Crippen LogP) is 0.152. The van der Waals surface area contributed by atoms with Crippen LogP contribution in [0.3, 0.4) is 0 Å². The number of aliphatic carboxylic acids is 1. The Morgan fingerprint density at radius 1 is 1.73 bits per heavy atom. The zero-order chi connectivity index (χ0) is 8.69. The smallest absolute Gasteiger partial charge is 0.326 e. The average molecular weight is 157 g/mol. The molecule has 0 fully saturated rings. The highest BCUT2D eigenvalue weighted by molar-refractivity contribution is 5.76. The maximum absolute atomic E-state index is 10.3. The van der Waals surface area contributed by atoms with Crippen LogP contribution in [0.5, 0.6) is 0 Å². The molecule has 0 rings (SSSR count). The molecule has 11 heavy (non-hydrogen) atoms. The normalized spacial score (nSPS) is 12.8. The van der Waals surface area contributed by atoms with Crippen LogP contribution in [-0.4, -0.2) is 23.5 Å². The molecule has 0 radical (unpaired) electrons. The van der Waals surface area contributed by atoms with E-state index in [1.807, 2.05) is 0 Å². The number of hydrogen-bond donors (Lipinski definition) is 2. The fraction of sp³-hybridized carbons (Fsp3) is 0.429. The maximum Gasteiger partial charge on any atom is 0.326 e. The van der Waals surface area contributed by atoms with Gasteiger partial charge in [-0.05, 0) is 13.3 Å². The van der Waals surface area contributed by atoms with Crippen LogP contribution in [0.1, 0.15) is 13.3 Å². The molecule has 0 aliphatic carbocycles. The van der Waals surface area contributed by atoms with E-state index in [9.17, 15) is 9.59 Å². The summed E-state index contributed by atoms with van der Waals surface area (Å²) >= 11 is 0. The molecular weight excluding hydrogens is 146 g/mol. The summed E-state index contributed by atoms with van der Waals surface area (Å²) in [6, 6.07) is -0.802. The van der Waals surface area contributed by atoms with E-state index in [1.165, 1.54) is 0 Å². The first-order valence-electron chi connectivity index (χ1n) is 3.26. The Kier molecular flexibility index (Phi) is 4.81. The molecule has 1 unspecified atom stereocenters. The highest BCUT2D eigenvalue weighted by atomic mass is 16.4. The second-order valence-electron chi connectivity index (χ2n) is 1.98. The average Bonchev–Trinajstić information content (AvgIpc) is 1.97. The lowest BCUT2D eigenvalue weighted by Crippen LogP contribution is -2.35. The van der Waals surface area contributed by atoms with E-state index >= 15 is 0 Å². The lowest BCUT2D eigenvalue weighted by Gasteiger charge is -2.06. The van der Waals surface area contributed by atoms with Crippen molar-refractivity contribution in [2.45, 2.75) is 19.4 Å².